The van der Waals surface area contributed by atoms with Gasteiger partial charge in [-0.05, 0) is 49.3 Å². The predicted octanol–water partition coefficient (Wildman–Crippen LogP) is 4.29. The number of benzene rings is 2. The molecule has 150 valence electrons. The number of piperidine rings is 1. The molecule has 0 spiro atoms. The Bertz CT molecular complexity index is 1110. The highest BCUT2D eigenvalue weighted by molar-refractivity contribution is 6.05. The van der Waals surface area contributed by atoms with Crippen LogP contribution >= 0.6 is 0 Å². The fraction of sp³-hybridized carbons (Fsp3) is 0.304. The van der Waals surface area contributed by atoms with E-state index >= 15 is 0 Å². The van der Waals surface area contributed by atoms with Gasteiger partial charge in [-0.1, -0.05) is 24.3 Å². The Morgan fingerprint density at radius 3 is 2.79 bits per heavy atom. The molecule has 2 aromatic carbocycles. The molecule has 3 aromatic rings. The molecular weight excluding hydrogens is 374 g/mol. The maximum atomic E-state index is 13.9. The van der Waals surface area contributed by atoms with Crippen LogP contribution < -0.4 is 5.56 Å². The molecule has 1 aromatic heterocycles. The number of hydrogen-bond acceptors (Lipinski definition) is 2. The third-order valence-corrected chi connectivity index (χ3v) is 5.62. The van der Waals surface area contributed by atoms with Crippen LogP contribution in [-0.4, -0.2) is 28.9 Å². The van der Waals surface area contributed by atoms with Crippen LogP contribution in [-0.2, 0) is 6.42 Å². The van der Waals surface area contributed by atoms with Crippen LogP contribution in [0.4, 0.5) is 8.78 Å². The Labute approximate surface area is 167 Å². The van der Waals surface area contributed by atoms with Gasteiger partial charge in [0.2, 0.25) is 5.56 Å². The Balaban J connectivity index is 1.48. The van der Waals surface area contributed by atoms with Crippen LogP contribution in [0.1, 0.15) is 35.2 Å². The lowest BCUT2D eigenvalue weighted by Crippen LogP contribution is -2.40. The van der Waals surface area contributed by atoms with E-state index < -0.39 is 11.6 Å². The number of carbonyl (C=O) groups excluding carboxylic acids is 1. The first kappa shape index (κ1) is 19.3. The van der Waals surface area contributed by atoms with E-state index in [9.17, 15) is 18.4 Å². The molecule has 6 heteroatoms. The third kappa shape index (κ3) is 4.21. The van der Waals surface area contributed by atoms with Crippen LogP contribution in [0.15, 0.2) is 53.3 Å². The van der Waals surface area contributed by atoms with E-state index in [2.05, 4.69) is 4.98 Å². The van der Waals surface area contributed by atoms with Gasteiger partial charge < -0.3 is 9.88 Å². The molecule has 29 heavy (non-hydrogen) atoms. The summed E-state index contributed by atoms with van der Waals surface area (Å²) in [7, 11) is 0. The quantitative estimate of drug-likeness (QED) is 0.715. The van der Waals surface area contributed by atoms with Crippen molar-refractivity contribution in [3.8, 4) is 0 Å². The van der Waals surface area contributed by atoms with E-state index in [4.69, 9.17) is 0 Å². The zero-order chi connectivity index (χ0) is 20.4. The average molecular weight is 396 g/mol. The maximum Gasteiger partial charge on any atom is 0.254 e. The number of carbonyl (C=O) groups is 1. The number of aromatic nitrogens is 1. The SMILES string of the molecule is O=C(c1cc(=O)[nH]c2ccccc12)N1CCC[C@H](CCc2ccc(F)cc2F)C1. The van der Waals surface area contributed by atoms with Gasteiger partial charge in [0, 0.05) is 36.1 Å². The molecule has 1 aliphatic heterocycles. The fourth-order valence-corrected chi connectivity index (χ4v) is 4.12. The Kier molecular flexibility index (Phi) is 5.43. The molecule has 1 aliphatic rings. The summed E-state index contributed by atoms with van der Waals surface area (Å²) < 4.78 is 27.0. The van der Waals surface area contributed by atoms with Gasteiger partial charge in [0.05, 0.1) is 5.56 Å². The van der Waals surface area contributed by atoms with Crippen LogP contribution in [0.2, 0.25) is 0 Å². The molecule has 1 saturated heterocycles. The van der Waals surface area contributed by atoms with E-state index in [1.807, 2.05) is 18.2 Å². The van der Waals surface area contributed by atoms with Gasteiger partial charge in [0.1, 0.15) is 11.6 Å². The largest absolute Gasteiger partial charge is 0.338 e. The number of nitrogens with one attached hydrogen (secondary N) is 1. The number of nitrogens with zero attached hydrogens (tertiary/aromatic N) is 1. The molecule has 1 atom stereocenters. The molecule has 4 rings (SSSR count). The first-order valence-electron chi connectivity index (χ1n) is 9.86. The second-order valence-electron chi connectivity index (χ2n) is 7.63. The Hall–Kier alpha value is -3.02. The number of para-hydroxylation sites is 1. The lowest BCUT2D eigenvalue weighted by molar-refractivity contribution is 0.0670. The number of amides is 1. The average Bonchev–Trinajstić information content (AvgIpc) is 2.72. The highest BCUT2D eigenvalue weighted by Gasteiger charge is 2.26. The second kappa shape index (κ2) is 8.15. The molecule has 0 radical (unpaired) electrons. The first-order chi connectivity index (χ1) is 14.0. The summed E-state index contributed by atoms with van der Waals surface area (Å²) in [6.07, 6.45) is 3.06. The van der Waals surface area contributed by atoms with Crippen molar-refractivity contribution in [2.75, 3.05) is 13.1 Å². The van der Waals surface area contributed by atoms with E-state index in [1.165, 1.54) is 18.2 Å². The number of pyridine rings is 1. The summed E-state index contributed by atoms with van der Waals surface area (Å²) in [5, 5.41) is 0.729. The van der Waals surface area contributed by atoms with Crippen LogP contribution in [0.25, 0.3) is 10.9 Å². The smallest absolute Gasteiger partial charge is 0.254 e. The number of rotatable bonds is 4. The predicted molar refractivity (Wildman–Crippen MR) is 108 cm³/mol. The van der Waals surface area contributed by atoms with E-state index in [1.54, 1.807) is 11.0 Å². The number of aryl methyl sites for hydroxylation is 1. The summed E-state index contributed by atoms with van der Waals surface area (Å²) in [5.41, 5.74) is 1.25. The van der Waals surface area contributed by atoms with Crippen molar-refractivity contribution in [2.24, 2.45) is 5.92 Å². The summed E-state index contributed by atoms with van der Waals surface area (Å²) >= 11 is 0. The molecule has 4 nitrogen and oxygen atoms in total. The minimum atomic E-state index is -0.578. The van der Waals surface area contributed by atoms with Gasteiger partial charge in [-0.2, -0.15) is 0 Å². The van der Waals surface area contributed by atoms with E-state index in [0.29, 0.717) is 36.2 Å². The van der Waals surface area contributed by atoms with Gasteiger partial charge in [-0.3, -0.25) is 9.59 Å². The normalized spacial score (nSPS) is 16.9. The molecule has 1 amide bonds. The number of halogens is 2. The molecular formula is C23H22F2N2O2. The number of hydrogen-bond donors (Lipinski definition) is 1. The monoisotopic (exact) mass is 396 g/mol. The summed E-state index contributed by atoms with van der Waals surface area (Å²) in [5.74, 6) is -1.01. The van der Waals surface area contributed by atoms with Crippen molar-refractivity contribution < 1.29 is 13.6 Å². The molecule has 0 unspecified atom stereocenters. The van der Waals surface area contributed by atoms with Gasteiger partial charge in [0.15, 0.2) is 0 Å². The third-order valence-electron chi connectivity index (χ3n) is 5.62. The van der Waals surface area contributed by atoms with Gasteiger partial charge in [0.25, 0.3) is 5.91 Å². The minimum absolute atomic E-state index is 0.148. The van der Waals surface area contributed by atoms with Crippen molar-refractivity contribution in [3.05, 3.63) is 81.6 Å². The number of aromatic amines is 1. The minimum Gasteiger partial charge on any atom is -0.338 e. The van der Waals surface area contributed by atoms with Gasteiger partial charge in [-0.15, -0.1) is 0 Å². The molecule has 0 bridgehead atoms. The van der Waals surface area contributed by atoms with Crippen LogP contribution in [0.3, 0.4) is 0 Å². The van der Waals surface area contributed by atoms with Crippen molar-refractivity contribution in [2.45, 2.75) is 25.7 Å². The first-order valence-corrected chi connectivity index (χ1v) is 9.86. The zero-order valence-corrected chi connectivity index (χ0v) is 16.0. The second-order valence-corrected chi connectivity index (χ2v) is 7.63. The molecule has 0 saturated carbocycles. The zero-order valence-electron chi connectivity index (χ0n) is 16.0. The number of fused-ring (bicyclic) bond motifs is 1. The number of likely N-dealkylation sites (tertiary alicyclic amines) is 1. The van der Waals surface area contributed by atoms with Crippen LogP contribution in [0, 0.1) is 17.6 Å². The van der Waals surface area contributed by atoms with E-state index in [0.717, 1.165) is 30.7 Å². The molecule has 1 fully saturated rings. The summed E-state index contributed by atoms with van der Waals surface area (Å²) in [6, 6.07) is 12.3. The van der Waals surface area contributed by atoms with Crippen LogP contribution in [0.5, 0.6) is 0 Å². The maximum absolute atomic E-state index is 13.9. The van der Waals surface area contributed by atoms with Gasteiger partial charge >= 0.3 is 0 Å². The number of H-pyrrole nitrogens is 1. The van der Waals surface area contributed by atoms with Gasteiger partial charge in [-0.25, -0.2) is 8.78 Å². The standard InChI is InChI=1S/C23H22F2N2O2/c24-17-10-9-16(20(25)12-17)8-7-15-4-3-11-27(14-15)23(29)19-13-22(28)26-21-6-2-1-5-18(19)21/h1-2,5-6,9-10,12-13,15H,3-4,7-8,11,14H2,(H,26,28)/t15-/m1/s1. The van der Waals surface area contributed by atoms with Crippen molar-refractivity contribution in [1.82, 2.24) is 9.88 Å². The lowest BCUT2D eigenvalue weighted by Gasteiger charge is -2.33. The van der Waals surface area contributed by atoms with Crippen molar-refractivity contribution >= 4 is 16.8 Å². The lowest BCUT2D eigenvalue weighted by atomic mass is 9.91. The molecule has 2 heterocycles. The molecule has 0 aliphatic carbocycles. The van der Waals surface area contributed by atoms with Crippen molar-refractivity contribution in [3.63, 3.8) is 0 Å². The Morgan fingerprint density at radius 2 is 1.97 bits per heavy atom. The Morgan fingerprint density at radius 1 is 1.14 bits per heavy atom. The molecule has 1 N–H and O–H groups in total. The topological polar surface area (TPSA) is 53.2 Å². The fourth-order valence-electron chi connectivity index (χ4n) is 4.12. The summed E-state index contributed by atoms with van der Waals surface area (Å²) in [6.45, 7) is 1.21. The summed E-state index contributed by atoms with van der Waals surface area (Å²) in [4.78, 5) is 29.7. The highest BCUT2D eigenvalue weighted by Crippen LogP contribution is 2.25. The van der Waals surface area contributed by atoms with Crippen molar-refractivity contribution in [1.29, 1.82) is 0 Å². The highest BCUT2D eigenvalue weighted by atomic mass is 19.1. The van der Waals surface area contributed by atoms with E-state index in [-0.39, 0.29) is 17.4 Å².